The Kier molecular flexibility index (Phi) is 6.29. The number of hydroxylamine groups is 2. The van der Waals surface area contributed by atoms with Gasteiger partial charge in [0.05, 0.1) is 12.8 Å². The number of carbonyl (C=O) groups is 3. The fraction of sp³-hybridized carbons (Fsp3) is 0.227. The number of ether oxygens (including phenoxy) is 1. The number of allylic oxidation sites excluding steroid dienone is 1. The van der Waals surface area contributed by atoms with Gasteiger partial charge in [-0.25, -0.2) is 9.59 Å². The van der Waals surface area contributed by atoms with Gasteiger partial charge in [0.2, 0.25) is 0 Å². The molecule has 0 aromatic heterocycles. The molecule has 150 valence electrons. The molecule has 2 aromatic rings. The van der Waals surface area contributed by atoms with Crippen LogP contribution in [0.25, 0.3) is 0 Å². The van der Waals surface area contributed by atoms with Crippen LogP contribution in [0.5, 0.6) is 0 Å². The molecule has 0 aliphatic carbocycles. The van der Waals surface area contributed by atoms with Gasteiger partial charge < -0.3 is 14.9 Å². The molecule has 7 heteroatoms. The largest absolute Gasteiger partial charge is 0.453 e. The zero-order valence-electron chi connectivity index (χ0n) is 16.0. The summed E-state index contributed by atoms with van der Waals surface area (Å²) in [6, 6.07) is 17.4. The van der Waals surface area contributed by atoms with Gasteiger partial charge in [0.1, 0.15) is 6.04 Å². The Hall–Kier alpha value is -3.61. The Morgan fingerprint density at radius 1 is 1.00 bits per heavy atom. The first-order valence-corrected chi connectivity index (χ1v) is 9.18. The van der Waals surface area contributed by atoms with E-state index >= 15 is 0 Å². The monoisotopic (exact) mass is 394 g/mol. The van der Waals surface area contributed by atoms with Crippen molar-refractivity contribution in [1.82, 2.24) is 10.4 Å². The van der Waals surface area contributed by atoms with E-state index in [0.717, 1.165) is 16.2 Å². The zero-order chi connectivity index (χ0) is 20.8. The van der Waals surface area contributed by atoms with Gasteiger partial charge in [-0.3, -0.25) is 4.79 Å². The molecule has 3 rings (SSSR count). The van der Waals surface area contributed by atoms with Crippen molar-refractivity contribution in [1.29, 1.82) is 0 Å². The maximum absolute atomic E-state index is 13.1. The van der Waals surface area contributed by atoms with Gasteiger partial charge in [-0.05, 0) is 17.5 Å². The summed E-state index contributed by atoms with van der Waals surface area (Å²) in [7, 11) is 1.21. The lowest BCUT2D eigenvalue weighted by Gasteiger charge is -2.28. The first-order chi connectivity index (χ1) is 14.0. The molecule has 29 heavy (non-hydrogen) atoms. The van der Waals surface area contributed by atoms with E-state index in [2.05, 4.69) is 11.9 Å². The number of benzene rings is 2. The normalized spacial score (nSPS) is 14.6. The Morgan fingerprint density at radius 3 is 2.00 bits per heavy atom. The first-order valence-electron chi connectivity index (χ1n) is 9.18. The molecule has 1 atom stereocenters. The van der Waals surface area contributed by atoms with Crippen molar-refractivity contribution in [2.24, 2.45) is 0 Å². The third-order valence-corrected chi connectivity index (χ3v) is 4.69. The van der Waals surface area contributed by atoms with Crippen LogP contribution in [0.2, 0.25) is 0 Å². The summed E-state index contributed by atoms with van der Waals surface area (Å²) in [6.45, 7) is 3.75. The van der Waals surface area contributed by atoms with E-state index in [1.807, 2.05) is 60.7 Å². The molecule has 0 spiro atoms. The standard InChI is InChI=1S/C22H22N2O5/c1-15-13-14-18(25)24(15)29-21(26)20(23-22(27)28-2)19(16-9-5-3-6-10-16)17-11-7-4-8-12-17/h3-12,19-20H,1,13-14H2,2H3,(H,23,27). The fourth-order valence-corrected chi connectivity index (χ4v) is 3.26. The highest BCUT2D eigenvalue weighted by Gasteiger charge is 2.37. The van der Waals surface area contributed by atoms with Crippen molar-refractivity contribution < 1.29 is 24.0 Å². The quantitative estimate of drug-likeness (QED) is 0.814. The number of nitrogens with one attached hydrogen (secondary N) is 1. The Labute approximate surface area is 168 Å². The number of alkyl carbamates (subject to hydrolysis) is 1. The second-order valence-corrected chi connectivity index (χ2v) is 6.58. The van der Waals surface area contributed by atoms with Crippen LogP contribution in [-0.4, -0.2) is 36.2 Å². The lowest BCUT2D eigenvalue weighted by atomic mass is 9.85. The lowest BCUT2D eigenvalue weighted by Crippen LogP contribution is -2.48. The molecular weight excluding hydrogens is 372 g/mol. The minimum absolute atomic E-state index is 0.224. The average molecular weight is 394 g/mol. The van der Waals surface area contributed by atoms with E-state index in [1.54, 1.807) is 0 Å². The van der Waals surface area contributed by atoms with Crippen molar-refractivity contribution in [2.75, 3.05) is 7.11 Å². The lowest BCUT2D eigenvalue weighted by molar-refractivity contribution is -0.188. The van der Waals surface area contributed by atoms with Crippen LogP contribution in [0.15, 0.2) is 72.9 Å². The van der Waals surface area contributed by atoms with Crippen molar-refractivity contribution >= 4 is 18.0 Å². The number of rotatable bonds is 6. The number of hydrogen-bond donors (Lipinski definition) is 1. The van der Waals surface area contributed by atoms with Crippen LogP contribution in [0, 0.1) is 0 Å². The van der Waals surface area contributed by atoms with E-state index < -0.39 is 24.0 Å². The molecule has 1 fully saturated rings. The van der Waals surface area contributed by atoms with Gasteiger partial charge in [0.15, 0.2) is 0 Å². The summed E-state index contributed by atoms with van der Waals surface area (Å²) >= 11 is 0. The number of methoxy groups -OCH3 is 1. The highest BCUT2D eigenvalue weighted by molar-refractivity contribution is 5.86. The molecule has 2 amide bonds. The molecule has 2 aromatic carbocycles. The molecular formula is C22H22N2O5. The molecule has 1 heterocycles. The highest BCUT2D eigenvalue weighted by Crippen LogP contribution is 2.30. The Bertz CT molecular complexity index is 842. The molecule has 0 saturated carbocycles. The van der Waals surface area contributed by atoms with Crippen molar-refractivity contribution in [3.8, 4) is 0 Å². The summed E-state index contributed by atoms with van der Waals surface area (Å²) in [4.78, 5) is 42.5. The minimum atomic E-state index is -1.13. The van der Waals surface area contributed by atoms with Crippen LogP contribution in [0.1, 0.15) is 29.9 Å². The van der Waals surface area contributed by atoms with E-state index in [0.29, 0.717) is 12.1 Å². The van der Waals surface area contributed by atoms with E-state index in [1.165, 1.54) is 7.11 Å². The van der Waals surface area contributed by atoms with Crippen molar-refractivity contribution in [3.63, 3.8) is 0 Å². The molecule has 1 aliphatic rings. The molecule has 1 aliphatic heterocycles. The molecule has 1 unspecified atom stereocenters. The van der Waals surface area contributed by atoms with Crippen LogP contribution in [0.3, 0.4) is 0 Å². The molecule has 1 saturated heterocycles. The number of nitrogens with zero attached hydrogens (tertiary/aromatic N) is 1. The van der Waals surface area contributed by atoms with Crippen molar-refractivity contribution in [3.05, 3.63) is 84.1 Å². The Balaban J connectivity index is 1.99. The van der Waals surface area contributed by atoms with Crippen LogP contribution < -0.4 is 5.32 Å². The number of carbonyl (C=O) groups excluding carboxylic acids is 3. The summed E-state index contributed by atoms with van der Waals surface area (Å²) < 4.78 is 4.71. The Morgan fingerprint density at radius 2 is 1.55 bits per heavy atom. The van der Waals surface area contributed by atoms with Crippen LogP contribution in [0.4, 0.5) is 4.79 Å². The van der Waals surface area contributed by atoms with Crippen LogP contribution in [-0.2, 0) is 19.2 Å². The van der Waals surface area contributed by atoms with Gasteiger partial charge in [-0.2, -0.15) is 0 Å². The topological polar surface area (TPSA) is 84.9 Å². The van der Waals surface area contributed by atoms with Gasteiger partial charge in [-0.1, -0.05) is 67.2 Å². The molecule has 1 N–H and O–H groups in total. The second kappa shape index (κ2) is 9.05. The van der Waals surface area contributed by atoms with Crippen LogP contribution >= 0.6 is 0 Å². The summed E-state index contributed by atoms with van der Waals surface area (Å²) in [5.74, 6) is -1.70. The predicted octanol–water partition coefficient (Wildman–Crippen LogP) is 3.14. The third-order valence-electron chi connectivity index (χ3n) is 4.69. The van der Waals surface area contributed by atoms with E-state index in [9.17, 15) is 14.4 Å². The second-order valence-electron chi connectivity index (χ2n) is 6.58. The van der Waals surface area contributed by atoms with E-state index in [4.69, 9.17) is 9.57 Å². The number of amides is 2. The molecule has 7 nitrogen and oxygen atoms in total. The van der Waals surface area contributed by atoms with Crippen molar-refractivity contribution in [2.45, 2.75) is 24.8 Å². The average Bonchev–Trinajstić information content (AvgIpc) is 3.06. The maximum Gasteiger partial charge on any atom is 0.407 e. The summed E-state index contributed by atoms with van der Waals surface area (Å²) in [5, 5.41) is 3.47. The zero-order valence-corrected chi connectivity index (χ0v) is 16.0. The maximum atomic E-state index is 13.1. The van der Waals surface area contributed by atoms with Gasteiger partial charge in [0, 0.05) is 12.3 Å². The molecule has 0 bridgehead atoms. The highest BCUT2D eigenvalue weighted by atomic mass is 16.7. The summed E-state index contributed by atoms with van der Waals surface area (Å²) in [5.41, 5.74) is 1.99. The van der Waals surface area contributed by atoms with Gasteiger partial charge >= 0.3 is 12.1 Å². The SMILES string of the molecule is C=C1CCC(=O)N1OC(=O)C(NC(=O)OC)C(c1ccccc1)c1ccccc1. The summed E-state index contributed by atoms with van der Waals surface area (Å²) in [6.07, 6.45) is -0.139. The fourth-order valence-electron chi connectivity index (χ4n) is 3.26. The molecule has 0 radical (unpaired) electrons. The number of hydrogen-bond acceptors (Lipinski definition) is 5. The van der Waals surface area contributed by atoms with Gasteiger partial charge in [-0.15, -0.1) is 5.06 Å². The van der Waals surface area contributed by atoms with Gasteiger partial charge in [0.25, 0.3) is 5.91 Å². The van der Waals surface area contributed by atoms with E-state index in [-0.39, 0.29) is 12.3 Å². The third kappa shape index (κ3) is 4.63. The smallest absolute Gasteiger partial charge is 0.407 e. The minimum Gasteiger partial charge on any atom is -0.453 e. The first kappa shape index (κ1) is 20.1. The predicted molar refractivity (Wildman–Crippen MR) is 105 cm³/mol.